The molecule has 1 N–H and O–H groups in total. The molecule has 76 valence electrons. The standard InChI is InChI=1S/C12H17NO/c1-5-12(14,10(2,3)4)11(9-13)7-6-8-11/h1,14H,6-8H2,2-4H3/t12-/m0/s1. The Labute approximate surface area is 85.9 Å². The zero-order valence-electron chi connectivity index (χ0n) is 9.09. The van der Waals surface area contributed by atoms with E-state index < -0.39 is 16.4 Å². The number of nitriles is 1. The van der Waals surface area contributed by atoms with Crippen molar-refractivity contribution >= 4 is 0 Å². The highest BCUT2D eigenvalue weighted by Crippen LogP contribution is 2.54. The molecule has 0 saturated heterocycles. The van der Waals surface area contributed by atoms with E-state index >= 15 is 0 Å². The van der Waals surface area contributed by atoms with Crippen LogP contribution in [0.25, 0.3) is 0 Å². The second-order valence-corrected chi connectivity index (χ2v) is 5.15. The first-order valence-corrected chi connectivity index (χ1v) is 4.94. The number of hydrogen-bond acceptors (Lipinski definition) is 2. The Bertz CT molecular complexity index is 309. The van der Waals surface area contributed by atoms with Crippen LogP contribution in [-0.4, -0.2) is 10.7 Å². The van der Waals surface area contributed by atoms with E-state index in [4.69, 9.17) is 11.7 Å². The monoisotopic (exact) mass is 191 g/mol. The summed E-state index contributed by atoms with van der Waals surface area (Å²) < 4.78 is 0. The minimum atomic E-state index is -1.31. The van der Waals surface area contributed by atoms with Crippen molar-refractivity contribution in [1.82, 2.24) is 0 Å². The lowest BCUT2D eigenvalue weighted by Crippen LogP contribution is -2.58. The van der Waals surface area contributed by atoms with Crippen LogP contribution in [0.1, 0.15) is 40.0 Å². The normalized spacial score (nSPS) is 23.9. The van der Waals surface area contributed by atoms with Gasteiger partial charge in [0, 0.05) is 5.41 Å². The van der Waals surface area contributed by atoms with Crippen molar-refractivity contribution in [3.63, 3.8) is 0 Å². The molecule has 1 aliphatic rings. The van der Waals surface area contributed by atoms with Gasteiger partial charge in [-0.05, 0) is 19.3 Å². The molecule has 1 rings (SSSR count). The Balaban J connectivity index is 3.16. The van der Waals surface area contributed by atoms with Gasteiger partial charge in [0.05, 0.1) is 11.5 Å². The summed E-state index contributed by atoms with van der Waals surface area (Å²) in [7, 11) is 0. The Morgan fingerprint density at radius 3 is 1.93 bits per heavy atom. The summed E-state index contributed by atoms with van der Waals surface area (Å²) >= 11 is 0. The summed E-state index contributed by atoms with van der Waals surface area (Å²) in [4.78, 5) is 0. The fourth-order valence-corrected chi connectivity index (χ4v) is 2.16. The maximum Gasteiger partial charge on any atom is 0.148 e. The van der Waals surface area contributed by atoms with Crippen LogP contribution >= 0.6 is 0 Å². The third kappa shape index (κ3) is 1.15. The Kier molecular flexibility index (Phi) is 2.38. The summed E-state index contributed by atoms with van der Waals surface area (Å²) in [6, 6.07) is 2.22. The maximum atomic E-state index is 10.5. The lowest BCUT2D eigenvalue weighted by Gasteiger charge is -2.51. The van der Waals surface area contributed by atoms with Gasteiger partial charge < -0.3 is 5.11 Å². The van der Waals surface area contributed by atoms with E-state index in [2.05, 4.69) is 12.0 Å². The highest BCUT2D eigenvalue weighted by atomic mass is 16.3. The predicted octanol–water partition coefficient (Wildman–Crippen LogP) is 2.09. The lowest BCUT2D eigenvalue weighted by atomic mass is 9.52. The zero-order chi connectivity index (χ0) is 11.0. The summed E-state index contributed by atoms with van der Waals surface area (Å²) in [6.45, 7) is 5.64. The molecule has 1 atom stereocenters. The maximum absolute atomic E-state index is 10.5. The van der Waals surface area contributed by atoms with Gasteiger partial charge >= 0.3 is 0 Å². The van der Waals surface area contributed by atoms with Crippen molar-refractivity contribution in [1.29, 1.82) is 5.26 Å². The first kappa shape index (κ1) is 11.1. The van der Waals surface area contributed by atoms with Gasteiger partial charge in [-0.3, -0.25) is 0 Å². The van der Waals surface area contributed by atoms with E-state index in [1.165, 1.54) is 0 Å². The molecular weight excluding hydrogens is 174 g/mol. The number of hydrogen-bond donors (Lipinski definition) is 1. The van der Waals surface area contributed by atoms with Gasteiger partial charge in [-0.1, -0.05) is 26.7 Å². The molecule has 0 heterocycles. The quantitative estimate of drug-likeness (QED) is 0.645. The number of aliphatic hydroxyl groups is 1. The van der Waals surface area contributed by atoms with E-state index in [0.29, 0.717) is 12.8 Å². The van der Waals surface area contributed by atoms with Crippen molar-refractivity contribution in [3.8, 4) is 18.4 Å². The smallest absolute Gasteiger partial charge is 0.148 e. The molecule has 1 fully saturated rings. The van der Waals surface area contributed by atoms with E-state index in [1.807, 2.05) is 20.8 Å². The second-order valence-electron chi connectivity index (χ2n) is 5.15. The van der Waals surface area contributed by atoms with Gasteiger partial charge in [0.25, 0.3) is 0 Å². The predicted molar refractivity (Wildman–Crippen MR) is 55.1 cm³/mol. The average Bonchev–Trinajstić information content (AvgIpc) is 2.00. The van der Waals surface area contributed by atoms with Gasteiger partial charge in [-0.2, -0.15) is 5.26 Å². The van der Waals surface area contributed by atoms with E-state index in [-0.39, 0.29) is 0 Å². The summed E-state index contributed by atoms with van der Waals surface area (Å²) in [5.41, 5.74) is -2.50. The summed E-state index contributed by atoms with van der Waals surface area (Å²) in [6.07, 6.45) is 7.81. The molecule has 0 aromatic rings. The molecule has 2 nitrogen and oxygen atoms in total. The molecular formula is C12H17NO. The highest BCUT2D eigenvalue weighted by molar-refractivity contribution is 5.29. The first-order valence-electron chi connectivity index (χ1n) is 4.94. The molecule has 0 radical (unpaired) electrons. The van der Waals surface area contributed by atoms with Gasteiger partial charge in [0.1, 0.15) is 5.60 Å². The molecule has 0 spiro atoms. The van der Waals surface area contributed by atoms with Crippen molar-refractivity contribution in [3.05, 3.63) is 0 Å². The largest absolute Gasteiger partial charge is 0.375 e. The van der Waals surface area contributed by atoms with Gasteiger partial charge in [-0.25, -0.2) is 0 Å². The SMILES string of the molecule is C#C[C@](O)(C(C)(C)C)C1(C#N)CCC1. The molecule has 0 aromatic heterocycles. The fraction of sp³-hybridized carbons (Fsp3) is 0.750. The Morgan fingerprint density at radius 1 is 1.36 bits per heavy atom. The van der Waals surface area contributed by atoms with Gasteiger partial charge in [-0.15, -0.1) is 6.42 Å². The third-order valence-electron chi connectivity index (χ3n) is 3.41. The third-order valence-corrected chi connectivity index (χ3v) is 3.41. The minimum Gasteiger partial charge on any atom is -0.375 e. The molecule has 1 aliphatic carbocycles. The van der Waals surface area contributed by atoms with Crippen molar-refractivity contribution in [2.24, 2.45) is 10.8 Å². The number of terminal acetylenes is 1. The lowest BCUT2D eigenvalue weighted by molar-refractivity contribution is -0.117. The van der Waals surface area contributed by atoms with Crippen molar-refractivity contribution < 1.29 is 5.11 Å². The molecule has 0 bridgehead atoms. The fourth-order valence-electron chi connectivity index (χ4n) is 2.16. The van der Waals surface area contributed by atoms with Crippen LogP contribution in [0, 0.1) is 34.5 Å². The van der Waals surface area contributed by atoms with Crippen LogP contribution < -0.4 is 0 Å². The molecule has 0 unspecified atom stereocenters. The molecule has 1 saturated carbocycles. The van der Waals surface area contributed by atoms with Gasteiger partial charge in [0.2, 0.25) is 0 Å². The van der Waals surface area contributed by atoms with Crippen LogP contribution in [0.2, 0.25) is 0 Å². The van der Waals surface area contributed by atoms with Gasteiger partial charge in [0.15, 0.2) is 0 Å². The molecule has 14 heavy (non-hydrogen) atoms. The van der Waals surface area contributed by atoms with Crippen LogP contribution in [0.3, 0.4) is 0 Å². The van der Waals surface area contributed by atoms with Crippen molar-refractivity contribution in [2.45, 2.75) is 45.6 Å². The van der Waals surface area contributed by atoms with Crippen LogP contribution in [-0.2, 0) is 0 Å². The van der Waals surface area contributed by atoms with Crippen molar-refractivity contribution in [2.75, 3.05) is 0 Å². The zero-order valence-corrected chi connectivity index (χ0v) is 9.09. The van der Waals surface area contributed by atoms with E-state index in [0.717, 1.165) is 6.42 Å². The minimum absolute atomic E-state index is 0.460. The average molecular weight is 191 g/mol. The molecule has 2 heteroatoms. The molecule has 0 amide bonds. The topological polar surface area (TPSA) is 44.0 Å². The second kappa shape index (κ2) is 3.01. The summed E-state index contributed by atoms with van der Waals surface area (Å²) in [5, 5.41) is 19.6. The van der Waals surface area contributed by atoms with Crippen LogP contribution in [0.15, 0.2) is 0 Å². The number of nitrogens with zero attached hydrogens (tertiary/aromatic N) is 1. The summed E-state index contributed by atoms with van der Waals surface area (Å²) in [5.74, 6) is 2.45. The van der Waals surface area contributed by atoms with Crippen LogP contribution in [0.5, 0.6) is 0 Å². The molecule has 0 aromatic carbocycles. The molecule has 0 aliphatic heterocycles. The first-order chi connectivity index (χ1) is 6.33. The Hall–Kier alpha value is -0.990. The Morgan fingerprint density at radius 2 is 1.86 bits per heavy atom. The van der Waals surface area contributed by atoms with Crippen LogP contribution in [0.4, 0.5) is 0 Å². The number of rotatable bonds is 1. The van der Waals surface area contributed by atoms with E-state index in [9.17, 15) is 5.11 Å². The van der Waals surface area contributed by atoms with E-state index in [1.54, 1.807) is 0 Å². The highest BCUT2D eigenvalue weighted by Gasteiger charge is 2.59.